The molecule has 1 atom stereocenters. The molecule has 1 aromatic heterocycles. The molecule has 3 nitrogen and oxygen atoms in total. The van der Waals surface area contributed by atoms with Crippen molar-refractivity contribution in [3.05, 3.63) is 18.2 Å². The lowest BCUT2D eigenvalue weighted by atomic mass is 10.2. The third-order valence-corrected chi connectivity index (χ3v) is 3.07. The molecule has 0 saturated carbocycles. The molecule has 0 aliphatic heterocycles. The van der Waals surface area contributed by atoms with Gasteiger partial charge in [0, 0.05) is 31.2 Å². The van der Waals surface area contributed by atoms with Crippen LogP contribution in [-0.4, -0.2) is 27.6 Å². The topological polar surface area (TPSA) is 29.9 Å². The molecule has 14 heavy (non-hydrogen) atoms. The summed E-state index contributed by atoms with van der Waals surface area (Å²) in [5, 5.41) is 3.51. The van der Waals surface area contributed by atoms with Crippen LogP contribution in [0.2, 0.25) is 0 Å². The molecule has 0 saturated heterocycles. The maximum atomic E-state index is 4.28. The van der Waals surface area contributed by atoms with Crippen molar-refractivity contribution in [3.63, 3.8) is 0 Å². The number of hydrogen-bond acceptors (Lipinski definition) is 3. The predicted octanol–water partition coefficient (Wildman–Crippen LogP) is 1.65. The van der Waals surface area contributed by atoms with Crippen LogP contribution < -0.4 is 5.32 Å². The zero-order valence-corrected chi connectivity index (χ0v) is 9.97. The van der Waals surface area contributed by atoms with E-state index in [9.17, 15) is 0 Å². The Hall–Kier alpha value is -0.480. The van der Waals surface area contributed by atoms with Gasteiger partial charge in [0.1, 0.15) is 5.82 Å². The van der Waals surface area contributed by atoms with E-state index < -0.39 is 0 Å². The SMILES string of the molecule is CCC(CSC)NCc1nccn1C. The van der Waals surface area contributed by atoms with Crippen LogP contribution >= 0.6 is 11.8 Å². The van der Waals surface area contributed by atoms with E-state index in [1.54, 1.807) is 0 Å². The lowest BCUT2D eigenvalue weighted by Gasteiger charge is -2.15. The average Bonchev–Trinajstić information content (AvgIpc) is 2.59. The Bertz CT molecular complexity index is 260. The van der Waals surface area contributed by atoms with Crippen LogP contribution in [0.25, 0.3) is 0 Å². The molecule has 0 amide bonds. The summed E-state index contributed by atoms with van der Waals surface area (Å²) < 4.78 is 2.05. The van der Waals surface area contributed by atoms with Crippen molar-refractivity contribution in [2.24, 2.45) is 7.05 Å². The average molecular weight is 213 g/mol. The fraction of sp³-hybridized carbons (Fsp3) is 0.700. The fourth-order valence-corrected chi connectivity index (χ4v) is 2.08. The Balaban J connectivity index is 2.35. The van der Waals surface area contributed by atoms with E-state index >= 15 is 0 Å². The summed E-state index contributed by atoms with van der Waals surface area (Å²) >= 11 is 1.89. The second-order valence-electron chi connectivity index (χ2n) is 3.40. The summed E-state index contributed by atoms with van der Waals surface area (Å²) in [4.78, 5) is 4.28. The predicted molar refractivity (Wildman–Crippen MR) is 62.5 cm³/mol. The van der Waals surface area contributed by atoms with Gasteiger partial charge in [-0.1, -0.05) is 6.92 Å². The van der Waals surface area contributed by atoms with Gasteiger partial charge < -0.3 is 9.88 Å². The molecule has 1 aromatic rings. The minimum absolute atomic E-state index is 0.599. The summed E-state index contributed by atoms with van der Waals surface area (Å²) in [5.41, 5.74) is 0. The van der Waals surface area contributed by atoms with Crippen molar-refractivity contribution in [2.45, 2.75) is 25.9 Å². The van der Waals surface area contributed by atoms with E-state index in [1.165, 1.54) is 12.2 Å². The highest BCUT2D eigenvalue weighted by molar-refractivity contribution is 7.98. The Morgan fingerprint density at radius 3 is 2.93 bits per heavy atom. The second kappa shape index (κ2) is 6.09. The number of nitrogens with zero attached hydrogens (tertiary/aromatic N) is 2. The molecule has 0 radical (unpaired) electrons. The van der Waals surface area contributed by atoms with Crippen LogP contribution in [0.15, 0.2) is 12.4 Å². The van der Waals surface area contributed by atoms with E-state index in [0.29, 0.717) is 6.04 Å². The second-order valence-corrected chi connectivity index (χ2v) is 4.31. The summed E-state index contributed by atoms with van der Waals surface area (Å²) in [6.07, 6.45) is 7.13. The number of rotatable bonds is 6. The number of imidazole rings is 1. The highest BCUT2D eigenvalue weighted by Crippen LogP contribution is 2.02. The van der Waals surface area contributed by atoms with Gasteiger partial charge in [0.15, 0.2) is 0 Å². The van der Waals surface area contributed by atoms with E-state index in [0.717, 1.165) is 12.4 Å². The monoisotopic (exact) mass is 213 g/mol. The molecule has 4 heteroatoms. The van der Waals surface area contributed by atoms with Gasteiger partial charge >= 0.3 is 0 Å². The first kappa shape index (κ1) is 11.6. The number of nitrogens with one attached hydrogen (secondary N) is 1. The van der Waals surface area contributed by atoms with Crippen molar-refractivity contribution in [1.29, 1.82) is 0 Å². The minimum atomic E-state index is 0.599. The van der Waals surface area contributed by atoms with Gasteiger partial charge in [-0.15, -0.1) is 0 Å². The van der Waals surface area contributed by atoms with Crippen LogP contribution in [0.1, 0.15) is 19.2 Å². The summed E-state index contributed by atoms with van der Waals surface area (Å²) in [6.45, 7) is 3.08. The molecule has 0 aliphatic carbocycles. The summed E-state index contributed by atoms with van der Waals surface area (Å²) in [6, 6.07) is 0.599. The van der Waals surface area contributed by atoms with Crippen LogP contribution in [0.5, 0.6) is 0 Å². The van der Waals surface area contributed by atoms with Gasteiger partial charge in [-0.25, -0.2) is 4.98 Å². The van der Waals surface area contributed by atoms with E-state index in [1.807, 2.05) is 31.2 Å². The fourth-order valence-electron chi connectivity index (χ4n) is 1.32. The Morgan fingerprint density at radius 2 is 2.43 bits per heavy atom. The highest BCUT2D eigenvalue weighted by atomic mass is 32.2. The van der Waals surface area contributed by atoms with Crippen LogP contribution in [0.3, 0.4) is 0 Å². The summed E-state index contributed by atoms with van der Waals surface area (Å²) in [5.74, 6) is 2.27. The Kier molecular flexibility index (Phi) is 5.04. The molecule has 1 heterocycles. The molecule has 0 spiro atoms. The third-order valence-electron chi connectivity index (χ3n) is 2.33. The van der Waals surface area contributed by atoms with E-state index in [2.05, 4.69) is 28.0 Å². The maximum Gasteiger partial charge on any atom is 0.122 e. The molecule has 0 aliphatic rings. The molecule has 1 rings (SSSR count). The number of aromatic nitrogens is 2. The highest BCUT2D eigenvalue weighted by Gasteiger charge is 2.05. The largest absolute Gasteiger partial charge is 0.337 e. The van der Waals surface area contributed by atoms with Gasteiger partial charge in [0.25, 0.3) is 0 Å². The molecule has 80 valence electrons. The summed E-state index contributed by atoms with van der Waals surface area (Å²) in [7, 11) is 2.03. The molecule has 0 fully saturated rings. The molecule has 1 unspecified atom stereocenters. The normalized spacial score (nSPS) is 13.1. The molecular weight excluding hydrogens is 194 g/mol. The first-order valence-electron chi connectivity index (χ1n) is 4.96. The van der Waals surface area contributed by atoms with Crippen molar-refractivity contribution in [3.8, 4) is 0 Å². The molecule has 0 aromatic carbocycles. The number of aryl methyl sites for hydroxylation is 1. The van der Waals surface area contributed by atoms with Gasteiger partial charge in [-0.2, -0.15) is 11.8 Å². The number of hydrogen-bond donors (Lipinski definition) is 1. The van der Waals surface area contributed by atoms with Crippen molar-refractivity contribution < 1.29 is 0 Å². The maximum absolute atomic E-state index is 4.28. The lowest BCUT2D eigenvalue weighted by molar-refractivity contribution is 0.522. The van der Waals surface area contributed by atoms with Gasteiger partial charge in [-0.05, 0) is 12.7 Å². The van der Waals surface area contributed by atoms with Crippen LogP contribution in [-0.2, 0) is 13.6 Å². The van der Waals surface area contributed by atoms with Crippen LogP contribution in [0, 0.1) is 0 Å². The van der Waals surface area contributed by atoms with Gasteiger partial charge in [-0.3, -0.25) is 0 Å². The van der Waals surface area contributed by atoms with Crippen LogP contribution in [0.4, 0.5) is 0 Å². The first-order chi connectivity index (χ1) is 6.77. The lowest BCUT2D eigenvalue weighted by Crippen LogP contribution is -2.31. The van der Waals surface area contributed by atoms with Crippen molar-refractivity contribution >= 4 is 11.8 Å². The van der Waals surface area contributed by atoms with Crippen molar-refractivity contribution in [2.75, 3.05) is 12.0 Å². The zero-order chi connectivity index (χ0) is 10.4. The minimum Gasteiger partial charge on any atom is -0.337 e. The Morgan fingerprint density at radius 1 is 1.64 bits per heavy atom. The standard InChI is InChI=1S/C10H19N3S/c1-4-9(8-14-3)12-7-10-11-5-6-13(10)2/h5-6,9,12H,4,7-8H2,1-3H3. The quantitative estimate of drug-likeness (QED) is 0.779. The van der Waals surface area contributed by atoms with Gasteiger partial charge in [0.2, 0.25) is 0 Å². The third kappa shape index (κ3) is 3.35. The van der Waals surface area contributed by atoms with E-state index in [4.69, 9.17) is 0 Å². The Labute approximate surface area is 90.3 Å². The van der Waals surface area contributed by atoms with E-state index in [-0.39, 0.29) is 0 Å². The molecular formula is C10H19N3S. The molecule has 1 N–H and O–H groups in total. The zero-order valence-electron chi connectivity index (χ0n) is 9.16. The van der Waals surface area contributed by atoms with Gasteiger partial charge in [0.05, 0.1) is 6.54 Å². The number of thioether (sulfide) groups is 1. The first-order valence-corrected chi connectivity index (χ1v) is 6.35. The molecule has 0 bridgehead atoms. The van der Waals surface area contributed by atoms with Crippen molar-refractivity contribution in [1.82, 2.24) is 14.9 Å². The smallest absolute Gasteiger partial charge is 0.122 e.